The van der Waals surface area contributed by atoms with Gasteiger partial charge < -0.3 is 5.11 Å². The Kier molecular flexibility index (Phi) is 3.58. The lowest BCUT2D eigenvalue weighted by molar-refractivity contribution is -0.138. The number of Topliss-reactive ketones (excluding diaryl/α,β-unsaturated/α-hetero) is 1. The minimum Gasteiger partial charge on any atom is -0.481 e. The van der Waals surface area contributed by atoms with E-state index >= 15 is 0 Å². The number of thiophene rings is 2. The van der Waals surface area contributed by atoms with Gasteiger partial charge in [-0.05, 0) is 29.9 Å². The lowest BCUT2D eigenvalue weighted by Crippen LogP contribution is -2.25. The predicted molar refractivity (Wildman–Crippen MR) is 91.2 cm³/mol. The van der Waals surface area contributed by atoms with Gasteiger partial charge >= 0.3 is 5.97 Å². The highest BCUT2D eigenvalue weighted by Gasteiger charge is 2.34. The second-order valence-corrected chi connectivity index (χ2v) is 7.66. The largest absolute Gasteiger partial charge is 0.481 e. The Hall–Kier alpha value is -2.32. The van der Waals surface area contributed by atoms with Crippen LogP contribution in [0.4, 0.5) is 0 Å². The van der Waals surface area contributed by atoms with Crippen LogP contribution in [0.15, 0.2) is 28.6 Å². The standard InChI is InChI=1S/C16H12N2O4S2/c19-9(10-2-1-5-23-10)6-18-7-17-14-13(15(18)20)12-8(16(21)22)3-4-11(12)24-14/h1-2,5,7-8H,3-4,6H2,(H,21,22). The van der Waals surface area contributed by atoms with Crippen molar-refractivity contribution in [2.45, 2.75) is 25.3 Å². The minimum absolute atomic E-state index is 0.0926. The van der Waals surface area contributed by atoms with Gasteiger partial charge in [0.15, 0.2) is 5.78 Å². The topological polar surface area (TPSA) is 89.3 Å². The second kappa shape index (κ2) is 5.64. The summed E-state index contributed by atoms with van der Waals surface area (Å²) in [5, 5.41) is 11.6. The van der Waals surface area contributed by atoms with Crippen molar-refractivity contribution in [2.75, 3.05) is 0 Å². The number of carbonyl (C=O) groups is 2. The number of aromatic nitrogens is 2. The molecule has 0 spiro atoms. The number of fused-ring (bicyclic) bond motifs is 3. The highest BCUT2D eigenvalue weighted by atomic mass is 32.1. The van der Waals surface area contributed by atoms with Crippen molar-refractivity contribution >= 4 is 44.6 Å². The van der Waals surface area contributed by atoms with Crippen molar-refractivity contribution in [1.29, 1.82) is 0 Å². The molecule has 1 aliphatic carbocycles. The molecule has 8 heteroatoms. The number of carboxylic acid groups (broad SMARTS) is 1. The molecule has 0 bridgehead atoms. The molecule has 6 nitrogen and oxygen atoms in total. The average Bonchev–Trinajstić information content (AvgIpc) is 3.24. The highest BCUT2D eigenvalue weighted by Crippen LogP contribution is 2.41. The Morgan fingerprint density at radius 3 is 2.96 bits per heavy atom. The first-order valence-electron chi connectivity index (χ1n) is 7.36. The summed E-state index contributed by atoms with van der Waals surface area (Å²) in [7, 11) is 0. The number of nitrogens with zero attached hydrogens (tertiary/aromatic N) is 2. The van der Waals surface area contributed by atoms with Gasteiger partial charge in [0.25, 0.3) is 5.56 Å². The molecule has 0 fully saturated rings. The van der Waals surface area contributed by atoms with Crippen LogP contribution in [-0.2, 0) is 17.8 Å². The van der Waals surface area contributed by atoms with Crippen molar-refractivity contribution in [3.63, 3.8) is 0 Å². The first-order valence-corrected chi connectivity index (χ1v) is 9.06. The lowest BCUT2D eigenvalue weighted by Gasteiger charge is -2.07. The zero-order chi connectivity index (χ0) is 16.8. The van der Waals surface area contributed by atoms with Crippen molar-refractivity contribution in [3.8, 4) is 0 Å². The van der Waals surface area contributed by atoms with Gasteiger partial charge in [-0.2, -0.15) is 0 Å². The van der Waals surface area contributed by atoms with E-state index in [1.165, 1.54) is 33.6 Å². The molecular weight excluding hydrogens is 348 g/mol. The number of rotatable bonds is 4. The van der Waals surface area contributed by atoms with Crippen LogP contribution in [0.1, 0.15) is 32.5 Å². The monoisotopic (exact) mass is 360 g/mol. The van der Waals surface area contributed by atoms with E-state index in [2.05, 4.69) is 4.98 Å². The zero-order valence-corrected chi connectivity index (χ0v) is 14.0. The molecule has 1 aliphatic rings. The molecule has 4 rings (SSSR count). The fourth-order valence-electron chi connectivity index (χ4n) is 3.10. The Bertz CT molecular complexity index is 1020. The minimum atomic E-state index is -0.919. The van der Waals surface area contributed by atoms with Crippen LogP contribution in [0, 0.1) is 0 Å². The lowest BCUT2D eigenvalue weighted by atomic mass is 10.0. The van der Waals surface area contributed by atoms with Gasteiger partial charge in [-0.15, -0.1) is 22.7 Å². The smallest absolute Gasteiger partial charge is 0.311 e. The molecule has 0 saturated carbocycles. The van der Waals surface area contributed by atoms with Gasteiger partial charge in [-0.1, -0.05) is 6.07 Å². The number of ketones is 1. The Balaban J connectivity index is 1.81. The summed E-state index contributed by atoms with van der Waals surface area (Å²) in [4.78, 5) is 42.8. The summed E-state index contributed by atoms with van der Waals surface area (Å²) < 4.78 is 1.27. The first kappa shape index (κ1) is 15.2. The van der Waals surface area contributed by atoms with E-state index in [4.69, 9.17) is 0 Å². The van der Waals surface area contributed by atoms with E-state index < -0.39 is 11.9 Å². The van der Waals surface area contributed by atoms with E-state index in [1.54, 1.807) is 17.5 Å². The molecule has 3 heterocycles. The molecule has 1 unspecified atom stereocenters. The van der Waals surface area contributed by atoms with Crippen LogP contribution in [0.3, 0.4) is 0 Å². The number of aryl methyl sites for hydroxylation is 1. The maximum atomic E-state index is 12.8. The van der Waals surface area contributed by atoms with Crippen LogP contribution in [0.25, 0.3) is 10.2 Å². The number of carboxylic acids is 1. The molecular formula is C16H12N2O4S2. The van der Waals surface area contributed by atoms with Gasteiger partial charge in [0.05, 0.1) is 29.1 Å². The van der Waals surface area contributed by atoms with E-state index in [0.717, 1.165) is 4.88 Å². The molecule has 1 N–H and O–H groups in total. The molecule has 1 atom stereocenters. The first-order chi connectivity index (χ1) is 11.6. The normalized spacial score (nSPS) is 16.4. The van der Waals surface area contributed by atoms with Crippen molar-refractivity contribution in [3.05, 3.63) is 49.5 Å². The molecule has 0 radical (unpaired) electrons. The predicted octanol–water partition coefficient (Wildman–Crippen LogP) is 2.52. The summed E-state index contributed by atoms with van der Waals surface area (Å²) in [6, 6.07) is 3.50. The third-order valence-electron chi connectivity index (χ3n) is 4.21. The van der Waals surface area contributed by atoms with Gasteiger partial charge in [0, 0.05) is 4.88 Å². The Morgan fingerprint density at radius 1 is 1.42 bits per heavy atom. The van der Waals surface area contributed by atoms with Crippen LogP contribution in [0.5, 0.6) is 0 Å². The summed E-state index contributed by atoms with van der Waals surface area (Å²) in [5.74, 6) is -1.74. The second-order valence-electron chi connectivity index (χ2n) is 5.63. The summed E-state index contributed by atoms with van der Waals surface area (Å²) in [6.07, 6.45) is 2.54. The molecule has 3 aromatic heterocycles. The molecule has 0 aromatic carbocycles. The summed E-state index contributed by atoms with van der Waals surface area (Å²) in [5.41, 5.74) is 0.258. The van der Waals surface area contributed by atoms with Gasteiger partial charge in [0.2, 0.25) is 0 Å². The van der Waals surface area contributed by atoms with E-state index in [1.807, 2.05) is 0 Å². The molecule has 0 aliphatic heterocycles. The zero-order valence-electron chi connectivity index (χ0n) is 12.4. The summed E-state index contributed by atoms with van der Waals surface area (Å²) in [6.45, 7) is -0.0926. The van der Waals surface area contributed by atoms with Crippen LogP contribution in [0.2, 0.25) is 0 Å². The quantitative estimate of drug-likeness (QED) is 0.722. The average molecular weight is 360 g/mol. The SMILES string of the molecule is O=C(Cn1cnc2sc3c(c2c1=O)C(C(=O)O)CC3)c1cccs1. The maximum Gasteiger partial charge on any atom is 0.311 e. The van der Waals surface area contributed by atoms with Gasteiger partial charge in [-0.3, -0.25) is 19.0 Å². The molecule has 0 saturated heterocycles. The van der Waals surface area contributed by atoms with Crippen molar-refractivity contribution in [1.82, 2.24) is 9.55 Å². The number of aliphatic carboxylic acids is 1. The van der Waals surface area contributed by atoms with E-state index in [-0.39, 0.29) is 17.9 Å². The highest BCUT2D eigenvalue weighted by molar-refractivity contribution is 7.18. The van der Waals surface area contributed by atoms with Crippen LogP contribution in [-0.4, -0.2) is 26.4 Å². The molecule has 0 amide bonds. The number of hydrogen-bond donors (Lipinski definition) is 1. The van der Waals surface area contributed by atoms with E-state index in [0.29, 0.717) is 33.5 Å². The number of carbonyl (C=O) groups excluding carboxylic acids is 1. The molecule has 122 valence electrons. The Labute approximate surface area is 144 Å². The van der Waals surface area contributed by atoms with Crippen LogP contribution < -0.4 is 5.56 Å². The molecule has 3 aromatic rings. The maximum absolute atomic E-state index is 12.8. The Morgan fingerprint density at radius 2 is 2.25 bits per heavy atom. The van der Waals surface area contributed by atoms with E-state index in [9.17, 15) is 19.5 Å². The molecule has 24 heavy (non-hydrogen) atoms. The third kappa shape index (κ3) is 2.30. The third-order valence-corrected chi connectivity index (χ3v) is 6.29. The van der Waals surface area contributed by atoms with Crippen LogP contribution >= 0.6 is 22.7 Å². The van der Waals surface area contributed by atoms with Gasteiger partial charge in [-0.25, -0.2) is 4.98 Å². The number of hydrogen-bond acceptors (Lipinski definition) is 6. The fraction of sp³-hybridized carbons (Fsp3) is 0.250. The van der Waals surface area contributed by atoms with Gasteiger partial charge in [0.1, 0.15) is 4.83 Å². The van der Waals surface area contributed by atoms with Crippen molar-refractivity contribution in [2.24, 2.45) is 0 Å². The van der Waals surface area contributed by atoms with Crippen molar-refractivity contribution < 1.29 is 14.7 Å². The summed E-state index contributed by atoms with van der Waals surface area (Å²) >= 11 is 2.70. The fourth-order valence-corrected chi connectivity index (χ4v) is 4.96.